The van der Waals surface area contributed by atoms with Crippen molar-refractivity contribution in [2.75, 3.05) is 61.1 Å². The van der Waals surface area contributed by atoms with Gasteiger partial charge in [-0.2, -0.15) is 0 Å². The van der Waals surface area contributed by atoms with Gasteiger partial charge in [0.2, 0.25) is 0 Å². The standard InChI is InChI=1S/C27H34Cl2N4O4.C26H34Cl2N4O3.C21H26Cl2N4O.B.Li.H/c1-16-21(17-8-6-9-18(28)20(17)29)32-22(24(34)36-5)23(30-16)33-14-12-27(13-15-33)11-7-10-19(27)31-25(35)37-26(2,3)4;1-16-22(17-7-5-8-18(27)21(17)28)30-19(15-33)23(29-16)32-13-11-26(12-14-32)10-6-9-20(26)31-24(34)35-25(2,3)4;1-13-19(14-4-2-5-15(22)18(14)23)26-16(12-28)20(25-13)27-10-8-21(9-11-27)7-3-6-17(21)24;;;/h6,8-9,19H,7,10-15H2,1-5H3,(H,31,35);5,7-8,20,33H,6,9-15H2,1-4H3,(H,31,34);2,4-5,17,28H,3,6-12,24H2,1H3;;;/q;;;;+1;-1/t19-;20-;17-;;;/m111.../s1. The van der Waals surface area contributed by atoms with Gasteiger partial charge in [-0.3, -0.25) is 0 Å². The zero-order valence-electron chi connectivity index (χ0n) is 61.5. The third kappa shape index (κ3) is 18.5. The molecule has 0 unspecified atom stereocenters. The van der Waals surface area contributed by atoms with Gasteiger partial charge in [0.1, 0.15) is 22.6 Å². The van der Waals surface area contributed by atoms with Crippen molar-refractivity contribution in [2.24, 2.45) is 22.0 Å². The van der Waals surface area contributed by atoms with E-state index in [1.165, 1.54) is 20.0 Å². The molecule has 3 radical (unpaired) electrons. The Hall–Kier alpha value is -5.41. The second-order valence-electron chi connectivity index (χ2n) is 29.5. The molecule has 3 spiro atoms. The first-order valence-electron chi connectivity index (χ1n) is 34.7. The maximum Gasteiger partial charge on any atom is 1.00 e. The maximum absolute atomic E-state index is 12.8. The zero-order valence-corrected chi connectivity index (χ0v) is 65.0. The van der Waals surface area contributed by atoms with E-state index in [9.17, 15) is 24.6 Å². The topological polar surface area (TPSA) is 256 Å². The van der Waals surface area contributed by atoms with Crippen molar-refractivity contribution in [1.29, 1.82) is 0 Å². The van der Waals surface area contributed by atoms with E-state index in [1.54, 1.807) is 30.3 Å². The molecule has 6 fully saturated rings. The smallest absolute Gasteiger partial charge is 1.00 e. The Labute approximate surface area is 645 Å². The van der Waals surface area contributed by atoms with Crippen LogP contribution >= 0.6 is 69.6 Å². The number of carbonyl (C=O) groups is 3. The number of amides is 2. The van der Waals surface area contributed by atoms with Gasteiger partial charge in [-0.1, -0.05) is 125 Å². The van der Waals surface area contributed by atoms with E-state index in [0.29, 0.717) is 106 Å². The van der Waals surface area contributed by atoms with Crippen LogP contribution in [0.15, 0.2) is 54.6 Å². The summed E-state index contributed by atoms with van der Waals surface area (Å²) in [4.78, 5) is 72.8. The number of methoxy groups -OCH3 is 1. The molecule has 3 saturated carbocycles. The fourth-order valence-electron chi connectivity index (χ4n) is 15.7. The second-order valence-corrected chi connectivity index (χ2v) is 31.9. The predicted octanol–water partition coefficient (Wildman–Crippen LogP) is 13.2. The van der Waals surface area contributed by atoms with Gasteiger partial charge in [0.05, 0.1) is 84.6 Å². The van der Waals surface area contributed by atoms with Crippen LogP contribution in [-0.4, -0.2) is 142 Å². The molecular formula is C74H95BCl6LiN12O8. The van der Waals surface area contributed by atoms with Crippen LogP contribution in [0.25, 0.3) is 33.8 Å². The van der Waals surface area contributed by atoms with Crippen LogP contribution in [0.2, 0.25) is 30.1 Å². The minimum atomic E-state index is -0.562. The molecule has 6 N–H and O–H groups in total. The van der Waals surface area contributed by atoms with E-state index in [2.05, 4.69) is 30.3 Å². The van der Waals surface area contributed by atoms with E-state index in [-0.39, 0.29) is 88.1 Å². The second kappa shape index (κ2) is 34.4. The Kier molecular flexibility index (Phi) is 27.8. The van der Waals surface area contributed by atoms with Crippen LogP contribution in [0.1, 0.15) is 178 Å². The summed E-state index contributed by atoms with van der Waals surface area (Å²) in [5.41, 5.74) is 12.9. The van der Waals surface area contributed by atoms with Crippen LogP contribution < -0.4 is 49.9 Å². The molecule has 545 valence electrons. The van der Waals surface area contributed by atoms with Crippen molar-refractivity contribution in [3.05, 3.63) is 119 Å². The van der Waals surface area contributed by atoms with Crippen LogP contribution in [0.4, 0.5) is 27.0 Å². The van der Waals surface area contributed by atoms with Crippen molar-refractivity contribution in [1.82, 2.24) is 40.5 Å². The van der Waals surface area contributed by atoms with Crippen molar-refractivity contribution in [2.45, 2.75) is 201 Å². The fraction of sp³-hybridized carbons (Fsp3) is 0.554. The number of rotatable bonds is 11. The molecule has 6 heterocycles. The third-order valence-corrected chi connectivity index (χ3v) is 23.4. The largest absolute Gasteiger partial charge is 1.00 e. The molecule has 20 nitrogen and oxygen atoms in total. The average Bonchev–Trinajstić information content (AvgIpc) is 1.76. The van der Waals surface area contributed by atoms with E-state index in [1.807, 2.05) is 86.6 Å². The first kappa shape index (κ1) is 82.2. The molecule has 3 aliphatic heterocycles. The monoisotopic (exact) mass is 1510 g/mol. The Bertz CT molecular complexity index is 3980. The number of aryl methyl sites for hydroxylation is 3. The van der Waals surface area contributed by atoms with Crippen LogP contribution in [0.3, 0.4) is 0 Å². The van der Waals surface area contributed by atoms with Crippen LogP contribution in [-0.2, 0) is 27.4 Å². The minimum absolute atomic E-state index is 0. The zero-order chi connectivity index (χ0) is 72.2. The Morgan fingerprint density at radius 1 is 0.520 bits per heavy atom. The van der Waals surface area contributed by atoms with Crippen molar-refractivity contribution < 1.29 is 59.1 Å². The van der Waals surface area contributed by atoms with Gasteiger partial charge in [0.25, 0.3) is 0 Å². The van der Waals surface area contributed by atoms with E-state index < -0.39 is 17.2 Å². The number of nitrogens with one attached hydrogen (secondary N) is 2. The molecule has 12 rings (SSSR count). The number of halogens is 6. The molecule has 6 aromatic rings. The molecule has 0 bridgehead atoms. The van der Waals surface area contributed by atoms with E-state index in [4.69, 9.17) is 114 Å². The van der Waals surface area contributed by atoms with Crippen molar-refractivity contribution in [3.63, 3.8) is 0 Å². The number of nitrogens with zero attached hydrogens (tertiary/aromatic N) is 9. The number of benzene rings is 3. The quantitative estimate of drug-likeness (QED) is 0.0459. The van der Waals surface area contributed by atoms with Gasteiger partial charge in [0.15, 0.2) is 23.1 Å². The number of anilines is 3. The number of nitrogens with two attached hydrogens (primary N) is 1. The predicted molar refractivity (Wildman–Crippen MR) is 404 cm³/mol. The number of ether oxygens (including phenoxy) is 3. The Balaban J connectivity index is 0.000000215. The Morgan fingerprint density at radius 2 is 0.843 bits per heavy atom. The Morgan fingerprint density at radius 3 is 1.18 bits per heavy atom. The number of piperidine rings is 3. The number of aliphatic hydroxyl groups excluding tert-OH is 2. The van der Waals surface area contributed by atoms with E-state index in [0.717, 1.165) is 132 Å². The number of carbonyl (C=O) groups excluding carboxylic acids is 3. The van der Waals surface area contributed by atoms with Crippen molar-refractivity contribution >= 4 is 114 Å². The minimum Gasteiger partial charge on any atom is -1.00 e. The molecule has 3 aromatic heterocycles. The molecule has 28 heteroatoms. The summed E-state index contributed by atoms with van der Waals surface area (Å²) in [6.45, 7) is 21.2. The first-order chi connectivity index (χ1) is 47.4. The van der Waals surface area contributed by atoms with Gasteiger partial charge in [-0.15, -0.1) is 0 Å². The summed E-state index contributed by atoms with van der Waals surface area (Å²) in [5.74, 6) is 1.41. The number of hydrogen-bond acceptors (Lipinski definition) is 18. The summed E-state index contributed by atoms with van der Waals surface area (Å²) in [5, 5.41) is 28.9. The van der Waals surface area contributed by atoms with Crippen molar-refractivity contribution in [3.8, 4) is 33.8 Å². The summed E-state index contributed by atoms with van der Waals surface area (Å²) in [6.07, 6.45) is 14.8. The first-order valence-corrected chi connectivity index (χ1v) is 36.9. The average molecular weight is 1510 g/mol. The van der Waals surface area contributed by atoms with Gasteiger partial charge >= 0.3 is 37.0 Å². The number of hydrogen-bond donors (Lipinski definition) is 5. The molecule has 3 aliphatic carbocycles. The van der Waals surface area contributed by atoms with E-state index >= 15 is 0 Å². The van der Waals surface area contributed by atoms with Crippen LogP contribution in [0, 0.1) is 37.0 Å². The van der Waals surface area contributed by atoms with Crippen LogP contribution in [0.5, 0.6) is 0 Å². The summed E-state index contributed by atoms with van der Waals surface area (Å²) in [6, 6.07) is 16.6. The van der Waals surface area contributed by atoms with Gasteiger partial charge in [0, 0.05) is 82.5 Å². The van der Waals surface area contributed by atoms with Gasteiger partial charge < -0.3 is 56.9 Å². The molecular weight excluding hydrogens is 1420 g/mol. The number of aliphatic hydroxyl groups is 2. The molecule has 6 aliphatic rings. The summed E-state index contributed by atoms with van der Waals surface area (Å²) < 4.78 is 16.1. The number of alkyl carbamates (subject to hydrolysis) is 2. The number of aromatic nitrogens is 6. The number of esters is 1. The van der Waals surface area contributed by atoms with Gasteiger partial charge in [-0.25, -0.2) is 44.3 Å². The molecule has 3 saturated heterocycles. The summed E-state index contributed by atoms with van der Waals surface area (Å²) >= 11 is 37.8. The maximum atomic E-state index is 12.8. The van der Waals surface area contributed by atoms with Gasteiger partial charge in [-0.05, 0) is 174 Å². The SMILES string of the molecule is COC(=O)c1nc(-c2cccc(Cl)c2Cl)c(C)nc1N1CCC2(CCC[C@H]2NC(=O)OC(C)(C)C)CC1.Cc1nc(N2CCC3(CCC[C@H]3N)CC2)c(CO)nc1-c1cccc(Cl)c1Cl.Cc1nc(N2CCC3(CCC[C@H]3NC(=O)OC(C)(C)C)CC2)c(CO)nc1-c1cccc(Cl)c1Cl.[B].[H-].[Li+]. The molecule has 102 heavy (non-hydrogen) atoms. The molecule has 3 atom stereocenters. The fourth-order valence-corrected chi connectivity index (χ4v) is 16.9. The normalized spacial score (nSPS) is 19.6. The summed E-state index contributed by atoms with van der Waals surface area (Å²) in [7, 11) is 1.33. The third-order valence-electron chi connectivity index (χ3n) is 20.9. The molecule has 2 amide bonds. The molecule has 3 aromatic carbocycles.